The summed E-state index contributed by atoms with van der Waals surface area (Å²) >= 11 is 0. The highest BCUT2D eigenvalue weighted by atomic mass is 16.7. The van der Waals surface area contributed by atoms with Crippen LogP contribution in [-0.2, 0) is 30.2 Å². The topological polar surface area (TPSA) is 381 Å². The molecule has 1 aromatic carbocycles. The Morgan fingerprint density at radius 3 is 1.87 bits per heavy atom. The average Bonchev–Trinajstić information content (AvgIpc) is 3.03. The van der Waals surface area contributed by atoms with Crippen LogP contribution in [0.1, 0.15) is 18.4 Å². The van der Waals surface area contributed by atoms with Crippen molar-refractivity contribution in [2.24, 2.45) is 27.9 Å². The minimum atomic E-state index is -1.74. The molecular formula is C27H47N5O15. The summed E-state index contributed by atoms with van der Waals surface area (Å²) in [6.45, 7) is -0.925. The van der Waals surface area contributed by atoms with Crippen molar-refractivity contribution < 1.29 is 74.9 Å². The molecule has 47 heavy (non-hydrogen) atoms. The second kappa shape index (κ2) is 21.0. The summed E-state index contributed by atoms with van der Waals surface area (Å²) in [6.07, 6.45) is -14.2. The molecule has 20 nitrogen and oxygen atoms in total. The van der Waals surface area contributed by atoms with E-state index in [1.165, 1.54) is 0 Å². The van der Waals surface area contributed by atoms with Crippen LogP contribution in [-0.4, -0.2) is 162 Å². The maximum atomic E-state index is 10.4. The van der Waals surface area contributed by atoms with Crippen molar-refractivity contribution in [3.8, 4) is 0 Å². The first-order valence-electron chi connectivity index (χ1n) is 14.4. The highest BCUT2D eigenvalue weighted by Gasteiger charge is 2.50. The van der Waals surface area contributed by atoms with E-state index < -0.39 is 98.6 Å². The van der Waals surface area contributed by atoms with E-state index in [1.54, 1.807) is 0 Å². The Kier molecular flexibility index (Phi) is 18.7. The van der Waals surface area contributed by atoms with E-state index in [4.69, 9.17) is 52.5 Å². The molecule has 0 saturated carbocycles. The highest BCUT2D eigenvalue weighted by Crippen LogP contribution is 2.28. The minimum Gasteiger partial charge on any atom is -0.480 e. The largest absolute Gasteiger partial charge is 0.480 e. The lowest BCUT2D eigenvalue weighted by molar-refractivity contribution is -0.355. The second-order valence-corrected chi connectivity index (χ2v) is 10.6. The van der Waals surface area contributed by atoms with Crippen molar-refractivity contribution in [3.63, 3.8) is 0 Å². The van der Waals surface area contributed by atoms with E-state index in [1.807, 2.05) is 30.3 Å². The second-order valence-electron chi connectivity index (χ2n) is 10.6. The van der Waals surface area contributed by atoms with Crippen molar-refractivity contribution in [2.75, 3.05) is 19.8 Å². The van der Waals surface area contributed by atoms with Gasteiger partial charge in [-0.25, -0.2) is 0 Å². The minimum absolute atomic E-state index is 0.0129. The summed E-state index contributed by atoms with van der Waals surface area (Å²) in [5.41, 5.74) is 21.6. The third-order valence-corrected chi connectivity index (χ3v) is 6.88. The summed E-state index contributed by atoms with van der Waals surface area (Å²) in [7, 11) is 0. The van der Waals surface area contributed by atoms with Crippen molar-refractivity contribution in [3.05, 3.63) is 35.9 Å². The molecule has 12 atom stereocenters. The quantitative estimate of drug-likeness (QED) is 0.0554. The Morgan fingerprint density at radius 2 is 1.36 bits per heavy atom. The van der Waals surface area contributed by atoms with Gasteiger partial charge in [-0.05, 0) is 24.8 Å². The van der Waals surface area contributed by atoms with Gasteiger partial charge in [-0.2, -0.15) is 0 Å². The normalized spacial score (nSPS) is 31.5. The van der Waals surface area contributed by atoms with Gasteiger partial charge in [0.05, 0.1) is 13.2 Å². The van der Waals surface area contributed by atoms with E-state index in [0.717, 1.165) is 5.56 Å². The highest BCUT2D eigenvalue weighted by molar-refractivity contribution is 5.75. The molecule has 18 N–H and O–H groups in total. The Labute approximate surface area is 269 Å². The van der Waals surface area contributed by atoms with E-state index in [2.05, 4.69) is 4.99 Å². The molecule has 0 unspecified atom stereocenters. The van der Waals surface area contributed by atoms with Gasteiger partial charge in [0.1, 0.15) is 60.9 Å². The van der Waals surface area contributed by atoms with Crippen LogP contribution in [0.2, 0.25) is 0 Å². The third-order valence-electron chi connectivity index (χ3n) is 6.88. The maximum Gasteiger partial charge on any atom is 0.320 e. The molecule has 2 fully saturated rings. The summed E-state index contributed by atoms with van der Waals surface area (Å²) in [5, 5.41) is 93.4. The van der Waals surface area contributed by atoms with Crippen LogP contribution in [0.25, 0.3) is 0 Å². The first kappa shape index (κ1) is 41.9. The van der Waals surface area contributed by atoms with Gasteiger partial charge in [0.25, 0.3) is 0 Å². The molecule has 0 radical (unpaired) electrons. The molecule has 270 valence electrons. The molecule has 2 aliphatic heterocycles. The first-order valence-corrected chi connectivity index (χ1v) is 14.4. The number of ether oxygens (including phenoxy) is 3. The van der Waals surface area contributed by atoms with Crippen LogP contribution in [0.15, 0.2) is 35.3 Å². The number of aliphatic hydroxyl groups is 8. The summed E-state index contributed by atoms with van der Waals surface area (Å²) in [4.78, 5) is 24.3. The smallest absolute Gasteiger partial charge is 0.320 e. The number of carboxylic acid groups (broad SMARTS) is 2. The van der Waals surface area contributed by atoms with E-state index in [0.29, 0.717) is 25.8 Å². The number of aliphatic carboxylic acids is 2. The van der Waals surface area contributed by atoms with E-state index in [9.17, 15) is 45.3 Å². The maximum absolute atomic E-state index is 10.4. The van der Waals surface area contributed by atoms with Crippen molar-refractivity contribution in [2.45, 2.75) is 92.8 Å². The van der Waals surface area contributed by atoms with Crippen LogP contribution >= 0.6 is 0 Å². The monoisotopic (exact) mass is 681 g/mol. The molecule has 0 spiro atoms. The fourth-order valence-electron chi connectivity index (χ4n) is 4.17. The van der Waals surface area contributed by atoms with Gasteiger partial charge in [-0.15, -0.1) is 0 Å². The van der Waals surface area contributed by atoms with Gasteiger partial charge < -0.3 is 88.2 Å². The third kappa shape index (κ3) is 13.9. The standard InChI is InChI=1S/C12H22O11.C9H11NO2.C6H14N4O2/c13-1-3-5(15)6(16)9(19)12(22-3)23-10-4(2-14)21-11(20)8(18)7(10)17;10-8(9(11)12)6-7-4-2-1-3-5-7;7-4(5(11)12)2-1-3-10-6(8)9/h3-20H,1-2H2;1-5,8H,6,10H2,(H,11,12);4H,1-3,7H2,(H,11,12)(H4,8,9,10)/t3-,4-,5-,6+,7-,8-,9-,10-,11-,12-;8-;4-/m100/s1. The predicted octanol–water partition coefficient (Wildman–Crippen LogP) is -6.30. The van der Waals surface area contributed by atoms with Gasteiger partial charge in [-0.3, -0.25) is 14.6 Å². The number of hydrogen-bond donors (Lipinski definition) is 14. The van der Waals surface area contributed by atoms with Crippen LogP contribution in [0.4, 0.5) is 0 Å². The molecule has 0 bridgehead atoms. The molecule has 0 aliphatic carbocycles. The number of aliphatic imine (C=N–C) groups is 1. The van der Waals surface area contributed by atoms with Gasteiger partial charge in [0, 0.05) is 6.54 Å². The van der Waals surface area contributed by atoms with Crippen molar-refractivity contribution >= 4 is 17.9 Å². The van der Waals surface area contributed by atoms with Crippen LogP contribution in [0.3, 0.4) is 0 Å². The lowest BCUT2D eigenvalue weighted by Gasteiger charge is -2.45. The number of aliphatic hydroxyl groups excluding tert-OH is 8. The van der Waals surface area contributed by atoms with Crippen molar-refractivity contribution in [1.29, 1.82) is 0 Å². The fraction of sp³-hybridized carbons (Fsp3) is 0.667. The zero-order valence-electron chi connectivity index (χ0n) is 25.3. The number of nitrogens with two attached hydrogens (primary N) is 4. The summed E-state index contributed by atoms with van der Waals surface area (Å²) < 4.78 is 15.3. The molecule has 20 heteroatoms. The first-order chi connectivity index (χ1) is 22.0. The molecule has 2 saturated heterocycles. The number of nitrogens with zero attached hydrogens (tertiary/aromatic N) is 1. The molecule has 0 aromatic heterocycles. The number of carbonyl (C=O) groups is 2. The molecule has 3 rings (SSSR count). The van der Waals surface area contributed by atoms with E-state index >= 15 is 0 Å². The SMILES string of the molecule is NC(N)=NCCC[C@H](N)C(=O)O.N[C@@H](Cc1ccccc1)C(=O)O.OC[C@H]1O[C@H](O[C@H]2[C@H](O)[C@@H](O)[C@H](O)O[C@@H]2CO)[C@H](O)[C@@H](O)[C@@H]1O. The summed E-state index contributed by atoms with van der Waals surface area (Å²) in [5.74, 6) is -1.95. The van der Waals surface area contributed by atoms with E-state index in [-0.39, 0.29) is 5.96 Å². The molecule has 2 aliphatic rings. The van der Waals surface area contributed by atoms with Gasteiger partial charge in [0.15, 0.2) is 18.5 Å². The number of guanidine groups is 1. The average molecular weight is 682 g/mol. The Balaban J connectivity index is 0.000000389. The van der Waals surface area contributed by atoms with Crippen molar-refractivity contribution in [1.82, 2.24) is 0 Å². The zero-order valence-corrected chi connectivity index (χ0v) is 25.3. The lowest BCUT2D eigenvalue weighted by Crippen LogP contribution is -2.64. The number of carboxylic acids is 2. The van der Waals surface area contributed by atoms with Gasteiger partial charge in [-0.1, -0.05) is 30.3 Å². The molecule has 2 heterocycles. The molecular weight excluding hydrogens is 634 g/mol. The Hall–Kier alpha value is -3.09. The zero-order chi connectivity index (χ0) is 35.8. The Bertz CT molecular complexity index is 1080. The van der Waals surface area contributed by atoms with Gasteiger partial charge in [0.2, 0.25) is 0 Å². The van der Waals surface area contributed by atoms with Crippen LogP contribution in [0.5, 0.6) is 0 Å². The number of rotatable bonds is 12. The van der Waals surface area contributed by atoms with Crippen LogP contribution in [0, 0.1) is 0 Å². The van der Waals surface area contributed by atoms with Gasteiger partial charge >= 0.3 is 11.9 Å². The Morgan fingerprint density at radius 1 is 0.787 bits per heavy atom. The fourth-order valence-corrected chi connectivity index (χ4v) is 4.17. The molecule has 0 amide bonds. The summed E-state index contributed by atoms with van der Waals surface area (Å²) in [6, 6.07) is 7.72. The lowest BCUT2D eigenvalue weighted by atomic mass is 9.97. The molecule has 1 aromatic rings. The predicted molar refractivity (Wildman–Crippen MR) is 160 cm³/mol. The van der Waals surface area contributed by atoms with Crippen LogP contribution < -0.4 is 22.9 Å². The number of hydrogen-bond acceptors (Lipinski definition) is 16. The number of benzene rings is 1.